The van der Waals surface area contributed by atoms with Crippen LogP contribution in [-0.2, 0) is 18.3 Å². The van der Waals surface area contributed by atoms with Crippen LogP contribution in [0.3, 0.4) is 0 Å². The Labute approximate surface area is 379 Å². The average Bonchev–Trinajstić information content (AvgIpc) is 1.62. The molecule has 0 unspecified atom stereocenters. The van der Waals surface area contributed by atoms with Gasteiger partial charge in [-0.1, -0.05) is 0 Å². The first-order valence-corrected chi connectivity index (χ1v) is 8.76. The van der Waals surface area contributed by atoms with E-state index in [0.29, 0.717) is 0 Å². The van der Waals surface area contributed by atoms with Crippen molar-refractivity contribution in [3.05, 3.63) is 0 Å². The minimum atomic E-state index is -5.39. The molecule has 0 aromatic carbocycles. The zero-order chi connectivity index (χ0) is 18.0. The minimum absolute atomic E-state index is 0. The summed E-state index contributed by atoms with van der Waals surface area (Å²) in [5.74, 6) is 0. The molecule has 0 N–H and O–H groups in total. The predicted molar refractivity (Wildman–Crippen MR) is 64.9 cm³/mol. The fourth-order valence-electron chi connectivity index (χ4n) is 0. The maximum Gasteiger partial charge on any atom is 2.00 e. The van der Waals surface area contributed by atoms with Crippen LogP contribution < -0.4 is 58.7 Å². The van der Waals surface area contributed by atoms with Gasteiger partial charge in [0.1, 0.15) is 0 Å². The first-order valence-electron chi connectivity index (χ1n) is 2.92. The first kappa shape index (κ1) is 65.0. The topological polar surface area (TPSA) is 345 Å². The quantitative estimate of drug-likeness (QED) is 0.161. The summed E-state index contributed by atoms with van der Waals surface area (Å²) in [7, 11) is -21.6. The molecule has 16 nitrogen and oxygen atoms in total. The molecular formula is Ba3O16P4Sr3. The van der Waals surface area contributed by atoms with Gasteiger partial charge in [-0.3, -0.25) is 0 Å². The standard InChI is InChI=1S/3Ba.4H3O4P.3Sr/c;;;4*1-5(2,3)4;;;/h;;;4*(H3,1,2,3,4);;;/q3*+2;;;;;3*+2/p-12. The fourth-order valence-corrected chi connectivity index (χ4v) is 0. The van der Waals surface area contributed by atoms with Crippen LogP contribution in [0.5, 0.6) is 0 Å². The zero-order valence-electron chi connectivity index (χ0n) is 12.6. The number of hydrogen-bond acceptors (Lipinski definition) is 16. The molecule has 0 amide bonds. The van der Waals surface area contributed by atoms with E-state index in [1.165, 1.54) is 0 Å². The summed E-state index contributed by atoms with van der Waals surface area (Å²) >= 11 is 0. The van der Waals surface area contributed by atoms with Gasteiger partial charge in [0, 0.05) is 0 Å². The Hall–Kier alpha value is 9.60. The van der Waals surface area contributed by atoms with Crippen molar-refractivity contribution in [2.24, 2.45) is 0 Å². The molecular weight excluding hydrogens is 1050 g/mol. The second-order valence-corrected chi connectivity index (χ2v) is 5.37. The second kappa shape index (κ2) is 34.6. The van der Waals surface area contributed by atoms with Gasteiger partial charge in [-0.2, -0.15) is 31.3 Å². The van der Waals surface area contributed by atoms with E-state index in [1.54, 1.807) is 0 Å². The van der Waals surface area contributed by atoms with Crippen molar-refractivity contribution in [2.45, 2.75) is 0 Å². The molecule has 26 heavy (non-hydrogen) atoms. The molecule has 0 atom stereocenters. The van der Waals surface area contributed by atoms with Gasteiger partial charge in [-0.15, -0.1) is 0 Å². The van der Waals surface area contributed by atoms with Gasteiger partial charge in [0.05, 0.1) is 0 Å². The van der Waals surface area contributed by atoms with Crippen LogP contribution in [0.15, 0.2) is 0 Å². The Bertz CT molecular complexity index is 305. The third kappa shape index (κ3) is 388. The SMILES string of the molecule is O=P([O-])([O-])[O-].O=P([O-])([O-])[O-].O=P([O-])([O-])[O-].O=P([O-])([O-])[O-].[Ba+2].[Ba+2].[Ba+2].[Sr+2].[Sr+2].[Sr+2]. The summed E-state index contributed by atoms with van der Waals surface area (Å²) in [6.45, 7) is 0. The van der Waals surface area contributed by atoms with Gasteiger partial charge in [-0.05, 0) is 0 Å². The molecule has 0 aromatic heterocycles. The Morgan fingerprint density at radius 3 is 0.308 bits per heavy atom. The van der Waals surface area contributed by atoms with E-state index in [1.807, 2.05) is 0 Å². The van der Waals surface area contributed by atoms with Crippen molar-refractivity contribution in [3.8, 4) is 0 Å². The third-order valence-electron chi connectivity index (χ3n) is 0. The summed E-state index contributed by atoms with van der Waals surface area (Å²) in [6.07, 6.45) is 0. The molecule has 0 spiro atoms. The van der Waals surface area contributed by atoms with Crippen molar-refractivity contribution in [1.82, 2.24) is 0 Å². The molecule has 26 heteroatoms. The third-order valence-corrected chi connectivity index (χ3v) is 0. The Balaban J connectivity index is -0.0000000152. The molecule has 0 rings (SSSR count). The van der Waals surface area contributed by atoms with Gasteiger partial charge in [0.25, 0.3) is 0 Å². The Morgan fingerprint density at radius 1 is 0.308 bits per heavy atom. The summed E-state index contributed by atoms with van der Waals surface area (Å²) < 4.78 is 34.2. The Morgan fingerprint density at radius 2 is 0.308 bits per heavy atom. The maximum absolute atomic E-state index is 8.55. The van der Waals surface area contributed by atoms with Crippen LogP contribution in [0.1, 0.15) is 0 Å². The zero-order valence-corrected chi connectivity index (χ0v) is 39.9. The van der Waals surface area contributed by atoms with E-state index >= 15 is 0 Å². The van der Waals surface area contributed by atoms with Gasteiger partial charge in [0.15, 0.2) is 0 Å². The van der Waals surface area contributed by atoms with Gasteiger partial charge >= 0.3 is 283 Å². The van der Waals surface area contributed by atoms with E-state index < -0.39 is 31.3 Å². The maximum atomic E-state index is 8.55. The van der Waals surface area contributed by atoms with Crippen molar-refractivity contribution in [1.29, 1.82) is 0 Å². The molecule has 0 fully saturated rings. The molecule has 0 heterocycles. The summed E-state index contributed by atoms with van der Waals surface area (Å²) in [5.41, 5.74) is 0. The molecule has 0 aliphatic carbocycles. The number of rotatable bonds is 0. The summed E-state index contributed by atoms with van der Waals surface area (Å²) in [6, 6.07) is 0. The van der Waals surface area contributed by atoms with Crippen LogP contribution in [0.4, 0.5) is 0 Å². The van der Waals surface area contributed by atoms with Crippen molar-refractivity contribution < 1.29 is 77.0 Å². The van der Waals surface area contributed by atoms with E-state index in [2.05, 4.69) is 0 Å². The Kier molecular flexibility index (Phi) is 86.5. The molecule has 128 valence electrons. The largest absolute Gasteiger partial charge is 2.00 e. The van der Waals surface area contributed by atoms with Crippen molar-refractivity contribution in [2.75, 3.05) is 0 Å². The molecule has 0 bridgehead atoms. The van der Waals surface area contributed by atoms with Crippen LogP contribution in [0.25, 0.3) is 0 Å². The minimum Gasteiger partial charge on any atom is -0.822 e. The molecule has 0 radical (unpaired) electrons. The van der Waals surface area contributed by atoms with Crippen LogP contribution >= 0.6 is 31.3 Å². The van der Waals surface area contributed by atoms with Crippen molar-refractivity contribution in [3.63, 3.8) is 0 Å². The van der Waals surface area contributed by atoms with E-state index in [0.717, 1.165) is 0 Å². The second-order valence-electron chi connectivity index (χ2n) is 1.79. The van der Waals surface area contributed by atoms with Gasteiger partial charge < -0.3 is 77.0 Å². The number of hydrogen-bond donors (Lipinski definition) is 0. The normalized spacial score (nSPS) is 9.08. The van der Waals surface area contributed by atoms with E-state index in [4.69, 9.17) is 77.0 Å². The molecule has 0 saturated carbocycles. The predicted octanol–water partition coefficient (Wildman–Crippen LogP) is -13.6. The number of phosphoric acid groups is 4. The summed E-state index contributed by atoms with van der Waals surface area (Å²) in [4.78, 5) is 103. The smallest absolute Gasteiger partial charge is 0.822 e. The molecule has 0 aromatic rings. The average molecular weight is 1050 g/mol. The van der Waals surface area contributed by atoms with E-state index in [-0.39, 0.29) is 283 Å². The molecule has 0 aliphatic rings. The van der Waals surface area contributed by atoms with Crippen molar-refractivity contribution >= 4 is 314 Å². The van der Waals surface area contributed by atoms with Crippen LogP contribution in [-0.4, -0.2) is 283 Å². The van der Waals surface area contributed by atoms with E-state index in [9.17, 15) is 0 Å². The monoisotopic (exact) mass is 1060 g/mol. The molecule has 0 aliphatic heterocycles. The van der Waals surface area contributed by atoms with Crippen LogP contribution in [0.2, 0.25) is 0 Å². The summed E-state index contributed by atoms with van der Waals surface area (Å²) in [5, 5.41) is 0. The fraction of sp³-hybridized carbons (Fsp3) is 0. The van der Waals surface area contributed by atoms with Crippen LogP contribution in [0, 0.1) is 0 Å². The molecule has 0 saturated heterocycles. The van der Waals surface area contributed by atoms with Gasteiger partial charge in [-0.25, -0.2) is 0 Å². The van der Waals surface area contributed by atoms with Gasteiger partial charge in [0.2, 0.25) is 0 Å². The first-order chi connectivity index (χ1) is 8.00.